The molecule has 0 aliphatic rings. The predicted molar refractivity (Wildman–Crippen MR) is 92.1 cm³/mol. The highest BCUT2D eigenvalue weighted by atomic mass is 32.2. The third kappa shape index (κ3) is 4.81. The fourth-order valence-electron chi connectivity index (χ4n) is 2.32. The Labute approximate surface area is 138 Å². The van der Waals surface area contributed by atoms with Crippen LogP contribution < -0.4 is 9.46 Å². The molecule has 0 aliphatic carbocycles. The van der Waals surface area contributed by atoms with E-state index in [1.54, 1.807) is 19.2 Å². The van der Waals surface area contributed by atoms with Crippen LogP contribution in [-0.4, -0.2) is 15.5 Å². The topological polar surface area (TPSA) is 55.4 Å². The van der Waals surface area contributed by atoms with Crippen molar-refractivity contribution < 1.29 is 13.2 Å². The van der Waals surface area contributed by atoms with E-state index in [1.165, 1.54) is 0 Å². The lowest BCUT2D eigenvalue weighted by Gasteiger charge is -2.10. The Kier molecular flexibility index (Phi) is 6.19. The molecule has 0 amide bonds. The first-order valence-corrected chi connectivity index (χ1v) is 9.25. The van der Waals surface area contributed by atoms with Crippen molar-refractivity contribution in [2.45, 2.75) is 37.6 Å². The number of benzene rings is 2. The number of hydrogen-bond donors (Lipinski definition) is 1. The van der Waals surface area contributed by atoms with Crippen molar-refractivity contribution in [2.24, 2.45) is 0 Å². The van der Waals surface area contributed by atoms with Crippen LogP contribution in [0.1, 0.15) is 30.9 Å². The lowest BCUT2D eigenvalue weighted by atomic mass is 10.1. The lowest BCUT2D eigenvalue weighted by molar-refractivity contribution is 0.409. The van der Waals surface area contributed by atoms with Gasteiger partial charge >= 0.3 is 0 Å². The number of para-hydroxylation sites is 1. The second-order valence-electron chi connectivity index (χ2n) is 5.38. The first-order valence-electron chi connectivity index (χ1n) is 7.77. The van der Waals surface area contributed by atoms with Gasteiger partial charge in [-0.3, -0.25) is 0 Å². The van der Waals surface area contributed by atoms with Crippen LogP contribution in [0.5, 0.6) is 5.75 Å². The fourth-order valence-corrected chi connectivity index (χ4v) is 3.33. The molecule has 0 unspecified atom stereocenters. The molecule has 5 heteroatoms. The molecule has 0 aromatic heterocycles. The molecule has 2 aromatic rings. The molecule has 2 rings (SSSR count). The molecular formula is C18H23NO3S. The standard InChI is InChI=1S/C18H23NO3S/c1-3-4-7-15-10-12-17(13-11-15)23(20,21)19-14-16-8-5-6-9-18(16)22-2/h5-6,8-13,19H,3-4,7,14H2,1-2H3. The van der Waals surface area contributed by atoms with Gasteiger partial charge in [-0.2, -0.15) is 0 Å². The van der Waals surface area contributed by atoms with Crippen molar-refractivity contribution in [2.75, 3.05) is 7.11 Å². The van der Waals surface area contributed by atoms with Crippen LogP contribution in [0, 0.1) is 0 Å². The highest BCUT2D eigenvalue weighted by molar-refractivity contribution is 7.89. The van der Waals surface area contributed by atoms with E-state index in [4.69, 9.17) is 4.74 Å². The van der Waals surface area contributed by atoms with Gasteiger partial charge in [0.05, 0.1) is 12.0 Å². The second-order valence-corrected chi connectivity index (χ2v) is 7.15. The zero-order valence-corrected chi connectivity index (χ0v) is 14.4. The van der Waals surface area contributed by atoms with Crippen LogP contribution >= 0.6 is 0 Å². The van der Waals surface area contributed by atoms with E-state index in [0.29, 0.717) is 5.75 Å². The maximum Gasteiger partial charge on any atom is 0.240 e. The molecule has 0 bridgehead atoms. The number of methoxy groups -OCH3 is 1. The Bertz CT molecular complexity index is 724. The molecule has 2 aromatic carbocycles. The summed E-state index contributed by atoms with van der Waals surface area (Å²) in [4.78, 5) is 0.285. The average molecular weight is 333 g/mol. The van der Waals surface area contributed by atoms with Crippen LogP contribution in [0.2, 0.25) is 0 Å². The minimum Gasteiger partial charge on any atom is -0.496 e. The Morgan fingerprint density at radius 1 is 1.04 bits per heavy atom. The summed E-state index contributed by atoms with van der Waals surface area (Å²) in [5.41, 5.74) is 1.97. The molecule has 0 fully saturated rings. The monoisotopic (exact) mass is 333 g/mol. The van der Waals surface area contributed by atoms with Gasteiger partial charge in [0.15, 0.2) is 0 Å². The summed E-state index contributed by atoms with van der Waals surface area (Å²) in [6.45, 7) is 2.34. The third-order valence-corrected chi connectivity index (χ3v) is 5.11. The molecule has 0 saturated heterocycles. The Balaban J connectivity index is 2.06. The molecule has 0 aliphatic heterocycles. The molecule has 23 heavy (non-hydrogen) atoms. The first kappa shape index (κ1) is 17.5. The van der Waals surface area contributed by atoms with E-state index in [-0.39, 0.29) is 11.4 Å². The lowest BCUT2D eigenvalue weighted by Crippen LogP contribution is -2.23. The van der Waals surface area contributed by atoms with Crippen molar-refractivity contribution in [3.05, 3.63) is 59.7 Å². The molecule has 0 heterocycles. The van der Waals surface area contributed by atoms with Crippen LogP contribution in [-0.2, 0) is 23.0 Å². The van der Waals surface area contributed by atoms with Gasteiger partial charge in [-0.25, -0.2) is 13.1 Å². The van der Waals surface area contributed by atoms with E-state index in [1.807, 2.05) is 36.4 Å². The van der Waals surface area contributed by atoms with E-state index in [2.05, 4.69) is 11.6 Å². The number of ether oxygens (including phenoxy) is 1. The highest BCUT2D eigenvalue weighted by Gasteiger charge is 2.14. The van der Waals surface area contributed by atoms with Crippen molar-refractivity contribution in [1.82, 2.24) is 4.72 Å². The summed E-state index contributed by atoms with van der Waals surface area (Å²) in [6, 6.07) is 14.5. The summed E-state index contributed by atoms with van der Waals surface area (Å²) >= 11 is 0. The van der Waals surface area contributed by atoms with E-state index in [9.17, 15) is 8.42 Å². The number of hydrogen-bond acceptors (Lipinski definition) is 3. The van der Waals surface area contributed by atoms with E-state index >= 15 is 0 Å². The molecule has 0 saturated carbocycles. The largest absolute Gasteiger partial charge is 0.496 e. The third-order valence-electron chi connectivity index (χ3n) is 3.70. The summed E-state index contributed by atoms with van der Waals surface area (Å²) in [7, 11) is -1.95. The normalized spacial score (nSPS) is 11.4. The summed E-state index contributed by atoms with van der Waals surface area (Å²) in [5.74, 6) is 0.671. The molecule has 0 spiro atoms. The van der Waals surface area contributed by atoms with Crippen molar-refractivity contribution >= 4 is 10.0 Å². The van der Waals surface area contributed by atoms with Gasteiger partial charge in [0, 0.05) is 12.1 Å². The first-order chi connectivity index (χ1) is 11.1. The van der Waals surface area contributed by atoms with Gasteiger partial charge in [0.25, 0.3) is 0 Å². The second kappa shape index (κ2) is 8.13. The molecular weight excluding hydrogens is 310 g/mol. The highest BCUT2D eigenvalue weighted by Crippen LogP contribution is 2.18. The van der Waals surface area contributed by atoms with Crippen LogP contribution in [0.3, 0.4) is 0 Å². The fraction of sp³-hybridized carbons (Fsp3) is 0.333. The van der Waals surface area contributed by atoms with Crippen LogP contribution in [0.4, 0.5) is 0 Å². The van der Waals surface area contributed by atoms with Gasteiger partial charge in [-0.05, 0) is 36.6 Å². The van der Waals surface area contributed by atoms with Gasteiger partial charge in [-0.1, -0.05) is 43.7 Å². The minimum atomic E-state index is -3.53. The molecule has 0 radical (unpaired) electrons. The van der Waals surface area contributed by atoms with Crippen molar-refractivity contribution in [1.29, 1.82) is 0 Å². The van der Waals surface area contributed by atoms with Crippen LogP contribution in [0.15, 0.2) is 53.4 Å². The van der Waals surface area contributed by atoms with Gasteiger partial charge in [0.1, 0.15) is 5.75 Å². The maximum absolute atomic E-state index is 12.4. The zero-order valence-electron chi connectivity index (χ0n) is 13.6. The number of sulfonamides is 1. The van der Waals surface area contributed by atoms with E-state index in [0.717, 1.165) is 30.4 Å². The molecule has 1 N–H and O–H groups in total. The molecule has 124 valence electrons. The SMILES string of the molecule is CCCCc1ccc(S(=O)(=O)NCc2ccccc2OC)cc1. The Morgan fingerprint density at radius 3 is 2.39 bits per heavy atom. The summed E-state index contributed by atoms with van der Waals surface area (Å²) in [5, 5.41) is 0. The smallest absolute Gasteiger partial charge is 0.240 e. The molecule has 0 atom stereocenters. The number of nitrogens with one attached hydrogen (secondary N) is 1. The zero-order chi connectivity index (χ0) is 16.7. The average Bonchev–Trinajstić information content (AvgIpc) is 2.59. The minimum absolute atomic E-state index is 0.198. The summed E-state index contributed by atoms with van der Waals surface area (Å²) < 4.78 is 32.6. The number of unbranched alkanes of at least 4 members (excludes halogenated alkanes) is 1. The molecule has 4 nitrogen and oxygen atoms in total. The van der Waals surface area contributed by atoms with Crippen LogP contribution in [0.25, 0.3) is 0 Å². The number of rotatable bonds is 8. The van der Waals surface area contributed by atoms with Gasteiger partial charge in [-0.15, -0.1) is 0 Å². The van der Waals surface area contributed by atoms with Crippen molar-refractivity contribution in [3.63, 3.8) is 0 Å². The number of aryl methyl sites for hydroxylation is 1. The maximum atomic E-state index is 12.4. The predicted octanol–water partition coefficient (Wildman–Crippen LogP) is 3.52. The Morgan fingerprint density at radius 2 is 1.74 bits per heavy atom. The summed E-state index contributed by atoms with van der Waals surface area (Å²) in [6.07, 6.45) is 3.21. The quantitative estimate of drug-likeness (QED) is 0.804. The van der Waals surface area contributed by atoms with Gasteiger partial charge in [0.2, 0.25) is 10.0 Å². The Hall–Kier alpha value is -1.85. The van der Waals surface area contributed by atoms with E-state index < -0.39 is 10.0 Å². The van der Waals surface area contributed by atoms with Crippen molar-refractivity contribution in [3.8, 4) is 5.75 Å². The van der Waals surface area contributed by atoms with Gasteiger partial charge < -0.3 is 4.74 Å².